The molecule has 0 aromatic heterocycles. The van der Waals surface area contributed by atoms with Gasteiger partial charge >= 0.3 is 0 Å². The van der Waals surface area contributed by atoms with E-state index in [9.17, 15) is 0 Å². The molecule has 1 atom stereocenters. The molecule has 1 rings (SSSR count). The summed E-state index contributed by atoms with van der Waals surface area (Å²) in [5.41, 5.74) is 1.21. The Balaban J connectivity index is 2.68. The average Bonchev–Trinajstić information content (AvgIpc) is 2.37. The number of para-hydroxylation sites is 1. The number of thiocarbonyl (C=S) groups is 1. The van der Waals surface area contributed by atoms with E-state index in [0.29, 0.717) is 12.1 Å². The second kappa shape index (κ2) is 7.34. The number of likely N-dealkylation sites (N-methyl/N-ethyl adjacent to an activating group) is 1. The van der Waals surface area contributed by atoms with Crippen LogP contribution in [0.4, 0.5) is 0 Å². The van der Waals surface area contributed by atoms with Gasteiger partial charge in [-0.25, -0.2) is 0 Å². The van der Waals surface area contributed by atoms with E-state index in [1.165, 1.54) is 5.56 Å². The molecule has 0 saturated heterocycles. The molecule has 19 heavy (non-hydrogen) atoms. The van der Waals surface area contributed by atoms with Crippen molar-refractivity contribution < 1.29 is 4.74 Å². The highest BCUT2D eigenvalue weighted by Gasteiger charge is 2.15. The molecule has 0 bridgehead atoms. The zero-order valence-electron chi connectivity index (χ0n) is 12.4. The lowest BCUT2D eigenvalue weighted by molar-refractivity contribution is 0.366. The Morgan fingerprint density at radius 1 is 1.32 bits per heavy atom. The number of nitrogens with zero attached hydrogens (tertiary/aromatic N) is 1. The predicted molar refractivity (Wildman–Crippen MR) is 84.8 cm³/mol. The molecule has 0 aliphatic rings. The molecule has 0 amide bonds. The number of rotatable bonds is 5. The molecule has 1 aromatic rings. The first-order chi connectivity index (χ1) is 8.95. The van der Waals surface area contributed by atoms with Crippen LogP contribution in [-0.4, -0.2) is 36.3 Å². The van der Waals surface area contributed by atoms with Crippen molar-refractivity contribution in [2.24, 2.45) is 0 Å². The van der Waals surface area contributed by atoms with Crippen LogP contribution in [0.3, 0.4) is 0 Å². The summed E-state index contributed by atoms with van der Waals surface area (Å²) in [6.45, 7) is 6.34. The summed E-state index contributed by atoms with van der Waals surface area (Å²) in [7, 11) is 3.73. The average molecular weight is 280 g/mol. The third kappa shape index (κ3) is 4.71. The molecular formula is C15H24N2OS. The van der Waals surface area contributed by atoms with Crippen molar-refractivity contribution in [3.05, 3.63) is 29.8 Å². The number of hydrogen-bond acceptors (Lipinski definition) is 2. The SMILES string of the molecule is COc1ccccc1CC(C)N(C)C(=S)NC(C)C. The number of ether oxygens (including phenoxy) is 1. The highest BCUT2D eigenvalue weighted by atomic mass is 32.1. The normalized spacial score (nSPS) is 12.1. The van der Waals surface area contributed by atoms with Gasteiger partial charge in [-0.3, -0.25) is 0 Å². The van der Waals surface area contributed by atoms with Gasteiger partial charge in [0, 0.05) is 19.1 Å². The number of methoxy groups -OCH3 is 1. The molecule has 1 aromatic carbocycles. The van der Waals surface area contributed by atoms with Crippen LogP contribution in [0.1, 0.15) is 26.3 Å². The molecule has 0 aliphatic heterocycles. The van der Waals surface area contributed by atoms with E-state index in [4.69, 9.17) is 17.0 Å². The van der Waals surface area contributed by atoms with Crippen LogP contribution in [0, 0.1) is 0 Å². The molecule has 0 spiro atoms. The van der Waals surface area contributed by atoms with Gasteiger partial charge in [0.25, 0.3) is 0 Å². The highest BCUT2D eigenvalue weighted by Crippen LogP contribution is 2.20. The maximum absolute atomic E-state index is 5.39. The van der Waals surface area contributed by atoms with Gasteiger partial charge in [0.1, 0.15) is 5.75 Å². The van der Waals surface area contributed by atoms with Crippen molar-refractivity contribution in [3.63, 3.8) is 0 Å². The minimum absolute atomic E-state index is 0.315. The van der Waals surface area contributed by atoms with E-state index in [1.54, 1.807) is 7.11 Å². The van der Waals surface area contributed by atoms with E-state index in [-0.39, 0.29) is 0 Å². The molecule has 106 valence electrons. The summed E-state index contributed by atoms with van der Waals surface area (Å²) in [4.78, 5) is 2.10. The zero-order chi connectivity index (χ0) is 14.4. The third-order valence-corrected chi connectivity index (χ3v) is 3.51. The van der Waals surface area contributed by atoms with Crippen molar-refractivity contribution in [2.75, 3.05) is 14.2 Å². The first-order valence-corrected chi connectivity index (χ1v) is 7.01. The summed E-state index contributed by atoms with van der Waals surface area (Å²) in [6, 6.07) is 8.79. The van der Waals surface area contributed by atoms with E-state index >= 15 is 0 Å². The fourth-order valence-electron chi connectivity index (χ4n) is 1.88. The zero-order valence-corrected chi connectivity index (χ0v) is 13.3. The van der Waals surface area contributed by atoms with E-state index in [2.05, 4.69) is 37.1 Å². The standard InChI is InChI=1S/C15H24N2OS/c1-11(2)16-15(19)17(4)12(3)10-13-8-6-7-9-14(13)18-5/h6-9,11-12H,10H2,1-5H3,(H,16,19). The Labute approximate surface area is 121 Å². The van der Waals surface area contributed by atoms with Gasteiger partial charge in [0.05, 0.1) is 7.11 Å². The maximum Gasteiger partial charge on any atom is 0.169 e. The topological polar surface area (TPSA) is 24.5 Å². The lowest BCUT2D eigenvalue weighted by Crippen LogP contribution is -2.45. The van der Waals surface area contributed by atoms with Gasteiger partial charge in [0.2, 0.25) is 0 Å². The fourth-order valence-corrected chi connectivity index (χ4v) is 2.29. The van der Waals surface area contributed by atoms with Crippen LogP contribution in [0.5, 0.6) is 5.75 Å². The minimum atomic E-state index is 0.315. The first-order valence-electron chi connectivity index (χ1n) is 6.61. The summed E-state index contributed by atoms with van der Waals surface area (Å²) < 4.78 is 5.38. The summed E-state index contributed by atoms with van der Waals surface area (Å²) in [5, 5.41) is 4.05. The second-order valence-corrected chi connectivity index (χ2v) is 5.47. The molecule has 0 fully saturated rings. The molecule has 0 radical (unpaired) electrons. The quantitative estimate of drug-likeness (QED) is 0.838. The van der Waals surface area contributed by atoms with Gasteiger partial charge in [-0.15, -0.1) is 0 Å². The fraction of sp³-hybridized carbons (Fsp3) is 0.533. The number of nitrogens with one attached hydrogen (secondary N) is 1. The van der Waals surface area contributed by atoms with E-state index in [0.717, 1.165) is 17.3 Å². The van der Waals surface area contributed by atoms with Crippen molar-refractivity contribution in [2.45, 2.75) is 39.3 Å². The Bertz CT molecular complexity index is 420. The smallest absolute Gasteiger partial charge is 0.169 e. The van der Waals surface area contributed by atoms with Crippen LogP contribution in [0.25, 0.3) is 0 Å². The lowest BCUT2D eigenvalue weighted by Gasteiger charge is -2.29. The molecular weight excluding hydrogens is 256 g/mol. The molecule has 3 nitrogen and oxygen atoms in total. The van der Waals surface area contributed by atoms with Crippen molar-refractivity contribution in [1.29, 1.82) is 0 Å². The number of benzene rings is 1. The summed E-state index contributed by atoms with van der Waals surface area (Å²) in [5.74, 6) is 0.936. The highest BCUT2D eigenvalue weighted by molar-refractivity contribution is 7.80. The van der Waals surface area contributed by atoms with Crippen LogP contribution in [0.15, 0.2) is 24.3 Å². The summed E-state index contributed by atoms with van der Waals surface area (Å²) in [6.07, 6.45) is 0.903. The van der Waals surface area contributed by atoms with Gasteiger partial charge in [-0.1, -0.05) is 18.2 Å². The first kappa shape index (κ1) is 15.8. The summed E-state index contributed by atoms with van der Waals surface area (Å²) >= 11 is 5.39. The molecule has 0 heterocycles. The predicted octanol–water partition coefficient (Wildman–Crippen LogP) is 2.84. The van der Waals surface area contributed by atoms with Crippen LogP contribution in [-0.2, 0) is 6.42 Å². The molecule has 0 saturated carbocycles. The van der Waals surface area contributed by atoms with Crippen molar-refractivity contribution >= 4 is 17.3 Å². The van der Waals surface area contributed by atoms with Crippen molar-refractivity contribution in [1.82, 2.24) is 10.2 Å². The molecule has 0 aliphatic carbocycles. The van der Waals surface area contributed by atoms with E-state index < -0.39 is 0 Å². The van der Waals surface area contributed by atoms with Crippen LogP contribution in [0.2, 0.25) is 0 Å². The second-order valence-electron chi connectivity index (χ2n) is 5.08. The number of hydrogen-bond donors (Lipinski definition) is 1. The Hall–Kier alpha value is -1.29. The van der Waals surface area contributed by atoms with Crippen molar-refractivity contribution in [3.8, 4) is 5.75 Å². The van der Waals surface area contributed by atoms with Gasteiger partial charge < -0.3 is 15.0 Å². The van der Waals surface area contributed by atoms with Crippen LogP contribution < -0.4 is 10.1 Å². The third-order valence-electron chi connectivity index (χ3n) is 3.10. The van der Waals surface area contributed by atoms with Crippen LogP contribution >= 0.6 is 12.2 Å². The largest absolute Gasteiger partial charge is 0.496 e. The van der Waals surface area contributed by atoms with E-state index in [1.807, 2.05) is 25.2 Å². The van der Waals surface area contributed by atoms with Gasteiger partial charge in [-0.05, 0) is 51.0 Å². The Morgan fingerprint density at radius 3 is 2.53 bits per heavy atom. The lowest BCUT2D eigenvalue weighted by atomic mass is 10.1. The molecule has 1 N–H and O–H groups in total. The van der Waals surface area contributed by atoms with Gasteiger partial charge in [0.15, 0.2) is 5.11 Å². The maximum atomic E-state index is 5.39. The Morgan fingerprint density at radius 2 is 1.95 bits per heavy atom. The minimum Gasteiger partial charge on any atom is -0.496 e. The molecule has 1 unspecified atom stereocenters. The Kier molecular flexibility index (Phi) is 6.09. The monoisotopic (exact) mass is 280 g/mol. The molecule has 4 heteroatoms. The van der Waals surface area contributed by atoms with Gasteiger partial charge in [-0.2, -0.15) is 0 Å².